The van der Waals surface area contributed by atoms with Gasteiger partial charge in [0.05, 0.1) is 24.5 Å². The van der Waals surface area contributed by atoms with Gasteiger partial charge < -0.3 is 5.32 Å². The topological polar surface area (TPSA) is 92.5 Å². The fourth-order valence-electron chi connectivity index (χ4n) is 1.66. The van der Waals surface area contributed by atoms with E-state index in [4.69, 9.17) is 5.41 Å². The number of nitrogens with two attached hydrogens (primary N) is 1. The number of anilines is 1. The number of hydrogen-bond acceptors (Lipinski definition) is 4. The lowest BCUT2D eigenvalue weighted by molar-refractivity contribution is -0.127. The monoisotopic (exact) mass is 300 g/mol. The number of nitrogens with zero attached hydrogens (tertiary/aromatic N) is 2. The average molecular weight is 300 g/mol. The summed E-state index contributed by atoms with van der Waals surface area (Å²) >= 11 is 0. The Morgan fingerprint density at radius 2 is 2.00 bits per heavy atom. The Balaban J connectivity index is 1.81. The zero-order chi connectivity index (χ0) is 15.8. The van der Waals surface area contributed by atoms with Crippen LogP contribution in [-0.2, 0) is 11.2 Å². The van der Waals surface area contributed by atoms with Gasteiger partial charge in [0, 0.05) is 12.3 Å². The van der Waals surface area contributed by atoms with E-state index >= 15 is 0 Å². The third kappa shape index (κ3) is 4.78. The molecule has 0 fully saturated rings. The number of amides is 1. The maximum atomic E-state index is 13.4. The van der Waals surface area contributed by atoms with E-state index in [0.29, 0.717) is 11.3 Å². The van der Waals surface area contributed by atoms with Crippen LogP contribution in [0.4, 0.5) is 10.1 Å². The highest BCUT2D eigenvalue weighted by Gasteiger charge is 2.12. The molecule has 112 valence electrons. The van der Waals surface area contributed by atoms with Crippen LogP contribution in [0.3, 0.4) is 0 Å². The molecule has 0 bridgehead atoms. The zero-order valence-corrected chi connectivity index (χ0v) is 11.7. The predicted octanol–water partition coefficient (Wildman–Crippen LogP) is 0.0578. The number of rotatable bonds is 5. The van der Waals surface area contributed by atoms with Crippen molar-refractivity contribution in [3.63, 3.8) is 0 Å². The summed E-state index contributed by atoms with van der Waals surface area (Å²) in [5, 5.41) is 11.0. The van der Waals surface area contributed by atoms with Crippen LogP contribution >= 0.6 is 0 Å². The molecular weight excluding hydrogens is 285 g/mol. The van der Waals surface area contributed by atoms with Crippen molar-refractivity contribution in [2.45, 2.75) is 6.42 Å². The zero-order valence-electron chi connectivity index (χ0n) is 11.7. The Kier molecular flexibility index (Phi) is 5.31. The van der Waals surface area contributed by atoms with E-state index in [0.717, 1.165) is 0 Å². The molecule has 0 aliphatic heterocycles. The Bertz CT molecular complexity index is 687. The maximum absolute atomic E-state index is 13.4. The second-order valence-corrected chi connectivity index (χ2v) is 4.38. The minimum absolute atomic E-state index is 0.0822. The first-order valence-electron chi connectivity index (χ1n) is 6.49. The number of benzene rings is 1. The summed E-state index contributed by atoms with van der Waals surface area (Å²) < 4.78 is 13.4. The molecule has 2 aromatic rings. The van der Waals surface area contributed by atoms with Crippen LogP contribution in [0, 0.1) is 5.82 Å². The fourth-order valence-corrected chi connectivity index (χ4v) is 1.66. The van der Waals surface area contributed by atoms with E-state index in [-0.39, 0.29) is 12.3 Å². The Labute approximate surface area is 126 Å². The van der Waals surface area contributed by atoms with Crippen LogP contribution in [0.15, 0.2) is 55.3 Å². The van der Waals surface area contributed by atoms with Crippen molar-refractivity contribution < 1.29 is 14.6 Å². The van der Waals surface area contributed by atoms with Crippen molar-refractivity contribution in [3.05, 3.63) is 66.6 Å². The van der Waals surface area contributed by atoms with E-state index in [2.05, 4.69) is 20.6 Å². The lowest BCUT2D eigenvalue weighted by Crippen LogP contribution is -2.50. The minimum atomic E-state index is -0.419. The lowest BCUT2D eigenvalue weighted by Gasteiger charge is -2.00. The molecule has 1 aromatic heterocycles. The molecule has 0 spiro atoms. The molecule has 1 aromatic carbocycles. The van der Waals surface area contributed by atoms with Crippen molar-refractivity contribution in [2.24, 2.45) is 0 Å². The Morgan fingerprint density at radius 1 is 1.27 bits per heavy atom. The van der Waals surface area contributed by atoms with Crippen LogP contribution in [-0.4, -0.2) is 21.7 Å². The molecule has 0 saturated carbocycles. The SMILES string of the molecule is [NH2+]=C(/C=C\Nc1cncnc1)NC(=O)Cc1ccccc1F. The molecule has 22 heavy (non-hydrogen) atoms. The molecule has 0 atom stereocenters. The summed E-state index contributed by atoms with van der Waals surface area (Å²) in [7, 11) is 0. The first kappa shape index (κ1) is 15.3. The molecule has 1 amide bonds. The molecule has 4 N–H and O–H groups in total. The second kappa shape index (κ2) is 7.63. The molecule has 7 heteroatoms. The summed E-state index contributed by atoms with van der Waals surface area (Å²) in [6.07, 6.45) is 7.53. The predicted molar refractivity (Wildman–Crippen MR) is 80.0 cm³/mol. The van der Waals surface area contributed by atoms with Crippen LogP contribution in [0.25, 0.3) is 0 Å². The summed E-state index contributed by atoms with van der Waals surface area (Å²) in [6, 6.07) is 6.10. The third-order valence-electron chi connectivity index (χ3n) is 2.67. The molecule has 0 unspecified atom stereocenters. The number of nitrogens with one attached hydrogen (secondary N) is 2. The smallest absolute Gasteiger partial charge is 0.311 e. The van der Waals surface area contributed by atoms with Gasteiger partial charge in [0.25, 0.3) is 5.84 Å². The van der Waals surface area contributed by atoms with Gasteiger partial charge in [-0.3, -0.25) is 5.41 Å². The summed E-state index contributed by atoms with van der Waals surface area (Å²) in [5.41, 5.74) is 1.00. The van der Waals surface area contributed by atoms with Gasteiger partial charge in [-0.2, -0.15) is 0 Å². The highest BCUT2D eigenvalue weighted by molar-refractivity contribution is 6.01. The van der Waals surface area contributed by atoms with Gasteiger partial charge in [0.1, 0.15) is 12.1 Å². The van der Waals surface area contributed by atoms with Crippen molar-refractivity contribution in [1.82, 2.24) is 15.3 Å². The van der Waals surface area contributed by atoms with Crippen molar-refractivity contribution in [1.29, 1.82) is 0 Å². The van der Waals surface area contributed by atoms with Crippen LogP contribution in [0.1, 0.15) is 5.56 Å². The Hall–Kier alpha value is -3.09. The van der Waals surface area contributed by atoms with Gasteiger partial charge in [-0.05, 0) is 11.6 Å². The number of aromatic nitrogens is 2. The van der Waals surface area contributed by atoms with Crippen molar-refractivity contribution in [2.75, 3.05) is 5.32 Å². The third-order valence-corrected chi connectivity index (χ3v) is 2.67. The standard InChI is InChI=1S/C15H14FN5O/c16-13-4-2-1-3-11(13)7-15(22)21-14(17)5-6-20-12-8-18-10-19-9-12/h1-6,8-10,20H,7H2,(H2,17,21,22)/p+1/b6-5-. The Morgan fingerprint density at radius 3 is 2.73 bits per heavy atom. The van der Waals surface area contributed by atoms with Gasteiger partial charge in [-0.25, -0.2) is 24.5 Å². The summed E-state index contributed by atoms with van der Waals surface area (Å²) in [5.74, 6) is -0.668. The van der Waals surface area contributed by atoms with Crippen molar-refractivity contribution >= 4 is 17.4 Å². The number of carbonyl (C=O) groups excluding carboxylic acids is 1. The van der Waals surface area contributed by atoms with Crippen LogP contribution in [0.2, 0.25) is 0 Å². The highest BCUT2D eigenvalue weighted by Crippen LogP contribution is 2.06. The molecule has 2 rings (SSSR count). The van der Waals surface area contributed by atoms with Gasteiger partial charge in [0.15, 0.2) is 0 Å². The van der Waals surface area contributed by atoms with E-state index in [1.54, 1.807) is 30.6 Å². The molecule has 0 radical (unpaired) electrons. The molecule has 6 nitrogen and oxygen atoms in total. The summed E-state index contributed by atoms with van der Waals surface area (Å²) in [6.45, 7) is 0. The van der Waals surface area contributed by atoms with Crippen LogP contribution in [0.5, 0.6) is 0 Å². The number of hydrogen-bond donors (Lipinski definition) is 3. The van der Waals surface area contributed by atoms with E-state index in [1.165, 1.54) is 24.7 Å². The highest BCUT2D eigenvalue weighted by atomic mass is 19.1. The number of amidine groups is 1. The first-order valence-corrected chi connectivity index (χ1v) is 6.49. The van der Waals surface area contributed by atoms with E-state index in [9.17, 15) is 9.18 Å². The van der Waals surface area contributed by atoms with Gasteiger partial charge >= 0.3 is 5.91 Å². The lowest BCUT2D eigenvalue weighted by atomic mass is 10.1. The molecular formula is C15H15FN5O+. The normalized spacial score (nSPS) is 10.4. The number of carbonyl (C=O) groups is 1. The molecule has 0 aliphatic carbocycles. The average Bonchev–Trinajstić information content (AvgIpc) is 2.50. The minimum Gasteiger partial charge on any atom is -0.359 e. The molecule has 0 aliphatic rings. The first-order chi connectivity index (χ1) is 10.6. The van der Waals surface area contributed by atoms with E-state index in [1.807, 2.05) is 0 Å². The van der Waals surface area contributed by atoms with Crippen molar-refractivity contribution in [3.8, 4) is 0 Å². The maximum Gasteiger partial charge on any atom is 0.311 e. The van der Waals surface area contributed by atoms with Gasteiger partial charge in [-0.15, -0.1) is 0 Å². The van der Waals surface area contributed by atoms with Gasteiger partial charge in [-0.1, -0.05) is 18.2 Å². The largest absolute Gasteiger partial charge is 0.359 e. The van der Waals surface area contributed by atoms with Crippen LogP contribution < -0.4 is 16.0 Å². The summed E-state index contributed by atoms with van der Waals surface area (Å²) in [4.78, 5) is 19.4. The molecule has 1 heterocycles. The van der Waals surface area contributed by atoms with Gasteiger partial charge in [0.2, 0.25) is 0 Å². The van der Waals surface area contributed by atoms with E-state index < -0.39 is 11.7 Å². The second-order valence-electron chi connectivity index (χ2n) is 4.38. The quantitative estimate of drug-likeness (QED) is 0.538. The molecule has 0 saturated heterocycles. The number of halogens is 1. The fraction of sp³-hybridized carbons (Fsp3) is 0.0667.